The van der Waals surface area contributed by atoms with Gasteiger partial charge >= 0.3 is 6.03 Å². The maximum atomic E-state index is 12.5. The quantitative estimate of drug-likeness (QED) is 0.905. The molecule has 0 spiro atoms. The third-order valence-corrected chi connectivity index (χ3v) is 5.95. The number of aromatic nitrogens is 1. The first kappa shape index (κ1) is 17.5. The highest BCUT2D eigenvalue weighted by Gasteiger charge is 2.33. The zero-order chi connectivity index (χ0) is 17.0. The first-order valence-electron chi connectivity index (χ1n) is 8.93. The molecule has 2 amide bonds. The minimum atomic E-state index is -0.0649. The molecule has 1 N–H and O–H groups in total. The van der Waals surface area contributed by atoms with E-state index in [4.69, 9.17) is 4.74 Å². The molecule has 134 valence electrons. The number of anilines is 1. The van der Waals surface area contributed by atoms with E-state index in [1.165, 1.54) is 0 Å². The number of amides is 2. The van der Waals surface area contributed by atoms with E-state index < -0.39 is 0 Å². The standard InChI is InChI=1S/C17H28N4O2S/c1-3-23-17(2)6-11-20(12-7-17)15(22)19-14-4-9-21(10-5-14)16-18-8-13-24-16/h8,13-14H,3-7,9-12H2,1-2H3,(H,19,22). The number of nitrogens with zero attached hydrogens (tertiary/aromatic N) is 3. The summed E-state index contributed by atoms with van der Waals surface area (Å²) in [4.78, 5) is 21.1. The Morgan fingerprint density at radius 1 is 1.38 bits per heavy atom. The van der Waals surface area contributed by atoms with Crippen LogP contribution >= 0.6 is 11.3 Å². The van der Waals surface area contributed by atoms with Gasteiger partial charge in [0.05, 0.1) is 5.60 Å². The van der Waals surface area contributed by atoms with Crippen molar-refractivity contribution in [3.63, 3.8) is 0 Å². The molecule has 2 saturated heterocycles. The van der Waals surface area contributed by atoms with E-state index in [-0.39, 0.29) is 17.7 Å². The zero-order valence-electron chi connectivity index (χ0n) is 14.7. The fraction of sp³-hybridized carbons (Fsp3) is 0.765. The summed E-state index contributed by atoms with van der Waals surface area (Å²) in [7, 11) is 0. The zero-order valence-corrected chi connectivity index (χ0v) is 15.5. The van der Waals surface area contributed by atoms with Crippen LogP contribution in [0.25, 0.3) is 0 Å². The number of urea groups is 1. The predicted molar refractivity (Wildman–Crippen MR) is 96.7 cm³/mol. The van der Waals surface area contributed by atoms with Gasteiger partial charge in [0.25, 0.3) is 0 Å². The fourth-order valence-corrected chi connectivity index (χ4v) is 4.23. The second-order valence-electron chi connectivity index (χ2n) is 6.90. The summed E-state index contributed by atoms with van der Waals surface area (Å²) in [5.74, 6) is 0. The molecule has 1 aromatic heterocycles. The molecule has 0 atom stereocenters. The van der Waals surface area contributed by atoms with E-state index in [9.17, 15) is 4.79 Å². The molecule has 3 rings (SSSR count). The maximum absolute atomic E-state index is 12.5. The molecule has 7 heteroatoms. The molecular weight excluding hydrogens is 324 g/mol. The van der Waals surface area contributed by atoms with Crippen LogP contribution in [0, 0.1) is 0 Å². The van der Waals surface area contributed by atoms with Crippen LogP contribution in [0.1, 0.15) is 39.5 Å². The average Bonchev–Trinajstić information content (AvgIpc) is 3.10. The van der Waals surface area contributed by atoms with Gasteiger partial charge in [-0.15, -0.1) is 11.3 Å². The Labute approximate surface area is 148 Å². The molecule has 3 heterocycles. The summed E-state index contributed by atoms with van der Waals surface area (Å²) in [6.45, 7) is 8.39. The first-order valence-corrected chi connectivity index (χ1v) is 9.81. The van der Waals surface area contributed by atoms with Crippen LogP contribution in [0.2, 0.25) is 0 Å². The lowest BCUT2D eigenvalue weighted by Crippen LogP contribution is -2.53. The van der Waals surface area contributed by atoms with Crippen molar-refractivity contribution in [2.75, 3.05) is 37.7 Å². The Hall–Kier alpha value is -1.34. The minimum absolute atomic E-state index is 0.0649. The SMILES string of the molecule is CCOC1(C)CCN(C(=O)NC2CCN(c3nccs3)CC2)CC1. The van der Waals surface area contributed by atoms with Crippen LogP contribution in [0.3, 0.4) is 0 Å². The Bertz CT molecular complexity index is 521. The van der Waals surface area contributed by atoms with E-state index in [0.717, 1.165) is 63.6 Å². The Morgan fingerprint density at radius 3 is 2.67 bits per heavy atom. The van der Waals surface area contributed by atoms with Gasteiger partial charge in [0, 0.05) is 50.4 Å². The number of carbonyl (C=O) groups is 1. The Morgan fingerprint density at radius 2 is 2.08 bits per heavy atom. The summed E-state index contributed by atoms with van der Waals surface area (Å²) in [5, 5.41) is 6.31. The number of carbonyl (C=O) groups excluding carboxylic acids is 1. The lowest BCUT2D eigenvalue weighted by atomic mass is 9.93. The smallest absolute Gasteiger partial charge is 0.317 e. The van der Waals surface area contributed by atoms with Gasteiger partial charge in [0.15, 0.2) is 5.13 Å². The molecule has 0 unspecified atom stereocenters. The van der Waals surface area contributed by atoms with Crippen molar-refractivity contribution in [1.29, 1.82) is 0 Å². The number of piperidine rings is 2. The largest absolute Gasteiger partial charge is 0.375 e. The third-order valence-electron chi connectivity index (χ3n) is 5.11. The van der Waals surface area contributed by atoms with Crippen molar-refractivity contribution in [3.8, 4) is 0 Å². The van der Waals surface area contributed by atoms with Crippen LogP contribution in [0.5, 0.6) is 0 Å². The van der Waals surface area contributed by atoms with E-state index in [1.807, 2.05) is 23.4 Å². The lowest BCUT2D eigenvalue weighted by molar-refractivity contribution is -0.0596. The number of thiazole rings is 1. The molecule has 0 bridgehead atoms. The molecule has 2 fully saturated rings. The van der Waals surface area contributed by atoms with Crippen molar-refractivity contribution >= 4 is 22.5 Å². The summed E-state index contributed by atoms with van der Waals surface area (Å²) >= 11 is 1.68. The molecule has 1 aromatic rings. The minimum Gasteiger partial charge on any atom is -0.375 e. The molecule has 0 saturated carbocycles. The topological polar surface area (TPSA) is 57.7 Å². The van der Waals surface area contributed by atoms with Gasteiger partial charge in [-0.3, -0.25) is 0 Å². The summed E-state index contributed by atoms with van der Waals surface area (Å²) in [5.41, 5.74) is -0.0649. The van der Waals surface area contributed by atoms with E-state index >= 15 is 0 Å². The number of nitrogens with one attached hydrogen (secondary N) is 1. The van der Waals surface area contributed by atoms with Crippen molar-refractivity contribution in [3.05, 3.63) is 11.6 Å². The number of hydrogen-bond acceptors (Lipinski definition) is 5. The Kier molecular flexibility index (Phi) is 5.61. The first-order chi connectivity index (χ1) is 11.6. The molecule has 6 nitrogen and oxygen atoms in total. The number of ether oxygens (including phenoxy) is 1. The monoisotopic (exact) mass is 352 g/mol. The highest BCUT2D eigenvalue weighted by Crippen LogP contribution is 2.26. The van der Waals surface area contributed by atoms with Crippen LogP contribution in [0.4, 0.5) is 9.93 Å². The highest BCUT2D eigenvalue weighted by atomic mass is 32.1. The van der Waals surface area contributed by atoms with Gasteiger partial charge in [0.2, 0.25) is 0 Å². The predicted octanol–water partition coefficient (Wildman–Crippen LogP) is 2.71. The molecule has 24 heavy (non-hydrogen) atoms. The maximum Gasteiger partial charge on any atom is 0.317 e. The molecule has 2 aliphatic heterocycles. The van der Waals surface area contributed by atoms with Crippen LogP contribution in [0.15, 0.2) is 11.6 Å². The number of rotatable bonds is 4. The van der Waals surface area contributed by atoms with Crippen molar-refractivity contribution in [1.82, 2.24) is 15.2 Å². The summed E-state index contributed by atoms with van der Waals surface area (Å²) in [6.07, 6.45) is 5.64. The molecular formula is C17H28N4O2S. The lowest BCUT2D eigenvalue weighted by Gasteiger charge is -2.40. The van der Waals surface area contributed by atoms with Crippen molar-refractivity contribution in [2.24, 2.45) is 0 Å². The number of likely N-dealkylation sites (tertiary alicyclic amines) is 1. The van der Waals surface area contributed by atoms with E-state index in [1.54, 1.807) is 11.3 Å². The molecule has 0 aromatic carbocycles. The fourth-order valence-electron chi connectivity index (χ4n) is 3.53. The van der Waals surface area contributed by atoms with Crippen molar-refractivity contribution < 1.29 is 9.53 Å². The Balaban J connectivity index is 1.42. The van der Waals surface area contributed by atoms with Gasteiger partial charge in [-0.25, -0.2) is 9.78 Å². The molecule has 2 aliphatic rings. The van der Waals surface area contributed by atoms with Gasteiger partial charge < -0.3 is 19.9 Å². The van der Waals surface area contributed by atoms with E-state index in [2.05, 4.69) is 22.1 Å². The number of hydrogen-bond donors (Lipinski definition) is 1. The van der Waals surface area contributed by atoms with Crippen LogP contribution in [-0.2, 0) is 4.74 Å². The van der Waals surface area contributed by atoms with E-state index in [0.29, 0.717) is 0 Å². The van der Waals surface area contributed by atoms with Gasteiger partial charge in [-0.2, -0.15) is 0 Å². The van der Waals surface area contributed by atoms with Gasteiger partial charge in [-0.1, -0.05) is 0 Å². The van der Waals surface area contributed by atoms with Crippen molar-refractivity contribution in [2.45, 2.75) is 51.2 Å². The van der Waals surface area contributed by atoms with Crippen LogP contribution in [-0.4, -0.2) is 60.3 Å². The third kappa shape index (κ3) is 4.19. The average molecular weight is 353 g/mol. The van der Waals surface area contributed by atoms with Gasteiger partial charge in [0.1, 0.15) is 0 Å². The second-order valence-corrected chi connectivity index (χ2v) is 7.77. The van der Waals surface area contributed by atoms with Gasteiger partial charge in [-0.05, 0) is 39.5 Å². The summed E-state index contributed by atoms with van der Waals surface area (Å²) in [6, 6.07) is 0.357. The normalized spacial score (nSPS) is 21.8. The highest BCUT2D eigenvalue weighted by molar-refractivity contribution is 7.13. The van der Waals surface area contributed by atoms with Crippen LogP contribution < -0.4 is 10.2 Å². The molecule has 0 radical (unpaired) electrons. The molecule has 0 aliphatic carbocycles. The summed E-state index contributed by atoms with van der Waals surface area (Å²) < 4.78 is 5.83. The second kappa shape index (κ2) is 7.70.